The summed E-state index contributed by atoms with van der Waals surface area (Å²) >= 11 is 0. The third-order valence-electron chi connectivity index (χ3n) is 5.00. The van der Waals surface area contributed by atoms with Crippen LogP contribution in [-0.4, -0.2) is 40.7 Å². The van der Waals surface area contributed by atoms with Gasteiger partial charge in [-0.2, -0.15) is 5.10 Å². The van der Waals surface area contributed by atoms with Gasteiger partial charge in [-0.15, -0.1) is 0 Å². The first kappa shape index (κ1) is 17.5. The van der Waals surface area contributed by atoms with Crippen molar-refractivity contribution in [3.8, 4) is 0 Å². The van der Waals surface area contributed by atoms with E-state index in [1.54, 1.807) is 11.7 Å². The molecule has 1 aliphatic heterocycles. The highest BCUT2D eigenvalue weighted by atomic mass is 19.1. The van der Waals surface area contributed by atoms with Crippen molar-refractivity contribution in [2.45, 2.75) is 19.4 Å². The number of carbonyl (C=O) groups is 1. The summed E-state index contributed by atoms with van der Waals surface area (Å²) in [6.45, 7) is 3.38. The lowest BCUT2D eigenvalue weighted by Gasteiger charge is -2.25. The summed E-state index contributed by atoms with van der Waals surface area (Å²) in [5.41, 5.74) is 2.41. The molecule has 1 N–H and O–H groups in total. The molecule has 0 bridgehead atoms. The third kappa shape index (κ3) is 3.42. The van der Waals surface area contributed by atoms with Crippen molar-refractivity contribution in [3.63, 3.8) is 0 Å². The Labute approximate surface area is 145 Å². The molecule has 5 nitrogen and oxygen atoms in total. The highest BCUT2D eigenvalue weighted by Gasteiger charge is 2.37. The van der Waals surface area contributed by atoms with Crippen LogP contribution in [0.15, 0.2) is 24.4 Å². The van der Waals surface area contributed by atoms with Gasteiger partial charge >= 0.3 is 0 Å². The lowest BCUT2D eigenvalue weighted by atomic mass is 9.88. The molecule has 1 aromatic heterocycles. The van der Waals surface area contributed by atoms with Crippen molar-refractivity contribution in [1.29, 1.82) is 0 Å². The lowest BCUT2D eigenvalue weighted by Crippen LogP contribution is -2.36. The first-order valence-electron chi connectivity index (χ1n) is 8.26. The maximum atomic E-state index is 13.8. The number of carbonyl (C=O) groups excluding carboxylic acids is 1. The minimum atomic E-state index is -0.635. The minimum absolute atomic E-state index is 0.0433. The van der Waals surface area contributed by atoms with Crippen LogP contribution in [0.2, 0.25) is 0 Å². The number of nitrogens with one attached hydrogen (secondary N) is 1. The van der Waals surface area contributed by atoms with Crippen LogP contribution in [0.4, 0.5) is 8.78 Å². The summed E-state index contributed by atoms with van der Waals surface area (Å²) in [7, 11) is 3.53. The Kier molecular flexibility index (Phi) is 4.85. The molecule has 134 valence electrons. The van der Waals surface area contributed by atoms with Gasteiger partial charge < -0.3 is 10.2 Å². The molecule has 1 amide bonds. The Morgan fingerprint density at radius 1 is 1.40 bits per heavy atom. The van der Waals surface area contributed by atoms with Gasteiger partial charge in [0.25, 0.3) is 0 Å². The van der Waals surface area contributed by atoms with Gasteiger partial charge in [-0.25, -0.2) is 8.78 Å². The Bertz CT molecular complexity index is 789. The molecule has 25 heavy (non-hydrogen) atoms. The van der Waals surface area contributed by atoms with Crippen molar-refractivity contribution >= 4 is 5.91 Å². The van der Waals surface area contributed by atoms with Gasteiger partial charge in [0.05, 0.1) is 12.1 Å². The zero-order valence-corrected chi connectivity index (χ0v) is 14.6. The summed E-state index contributed by atoms with van der Waals surface area (Å²) in [5.74, 6) is -1.49. The van der Waals surface area contributed by atoms with Crippen LogP contribution in [0.3, 0.4) is 0 Å². The number of hydrogen-bond donors (Lipinski definition) is 1. The molecular weight excluding hydrogens is 326 g/mol. The second-order valence-electron chi connectivity index (χ2n) is 6.61. The Hall–Kier alpha value is -2.28. The van der Waals surface area contributed by atoms with Crippen molar-refractivity contribution in [1.82, 2.24) is 20.0 Å². The number of rotatable bonds is 4. The smallest absolute Gasteiger partial charge is 0.227 e. The maximum absolute atomic E-state index is 13.8. The molecular formula is C18H22F2N4O. The Balaban J connectivity index is 1.75. The lowest BCUT2D eigenvalue weighted by molar-refractivity contribution is -0.134. The molecule has 1 aromatic carbocycles. The van der Waals surface area contributed by atoms with Crippen LogP contribution in [-0.2, 0) is 18.4 Å². The van der Waals surface area contributed by atoms with Crippen LogP contribution >= 0.6 is 0 Å². The molecule has 1 saturated heterocycles. The summed E-state index contributed by atoms with van der Waals surface area (Å²) in [4.78, 5) is 14.4. The topological polar surface area (TPSA) is 50.2 Å². The number of halogens is 2. The number of benzene rings is 1. The van der Waals surface area contributed by atoms with Crippen LogP contribution in [0.1, 0.15) is 22.7 Å². The average molecular weight is 348 g/mol. The van der Waals surface area contributed by atoms with Crippen LogP contribution in [0, 0.1) is 24.5 Å². The molecule has 1 aliphatic rings. The minimum Gasteiger partial charge on any atom is -0.341 e. The van der Waals surface area contributed by atoms with E-state index in [-0.39, 0.29) is 24.3 Å². The molecule has 7 heteroatoms. The monoisotopic (exact) mass is 348 g/mol. The van der Waals surface area contributed by atoms with Gasteiger partial charge in [-0.1, -0.05) is 6.07 Å². The SMILES string of the molecule is Cc1c([C@H]2CNC[C@@H]2C(=O)N(C)Cc2ccc(F)cc2F)cnn1C. The Morgan fingerprint density at radius 2 is 2.16 bits per heavy atom. The highest BCUT2D eigenvalue weighted by molar-refractivity contribution is 5.80. The molecule has 2 heterocycles. The predicted octanol–water partition coefficient (Wildman–Crippen LogP) is 1.97. The van der Waals surface area contributed by atoms with Crippen molar-refractivity contribution in [3.05, 3.63) is 52.9 Å². The van der Waals surface area contributed by atoms with E-state index in [9.17, 15) is 13.6 Å². The first-order chi connectivity index (χ1) is 11.9. The molecule has 0 aliphatic carbocycles. The van der Waals surface area contributed by atoms with Crippen molar-refractivity contribution in [2.75, 3.05) is 20.1 Å². The van der Waals surface area contributed by atoms with Crippen LogP contribution < -0.4 is 5.32 Å². The fourth-order valence-electron chi connectivity index (χ4n) is 3.41. The van der Waals surface area contributed by atoms with Gasteiger partial charge in [-0.3, -0.25) is 9.48 Å². The van der Waals surface area contributed by atoms with Gasteiger partial charge in [-0.05, 0) is 18.6 Å². The normalized spacial score (nSPS) is 20.0. The number of hydrogen-bond acceptors (Lipinski definition) is 3. The van der Waals surface area contributed by atoms with Crippen molar-refractivity contribution in [2.24, 2.45) is 13.0 Å². The first-order valence-corrected chi connectivity index (χ1v) is 8.26. The third-order valence-corrected chi connectivity index (χ3v) is 5.00. The molecule has 0 saturated carbocycles. The van der Waals surface area contributed by atoms with E-state index in [1.165, 1.54) is 17.0 Å². The number of nitrogens with zero attached hydrogens (tertiary/aromatic N) is 3. The fraction of sp³-hybridized carbons (Fsp3) is 0.444. The number of amides is 1. The molecule has 2 aromatic rings. The molecule has 2 atom stereocenters. The number of aromatic nitrogens is 2. The van der Waals surface area contributed by atoms with Crippen LogP contribution in [0.25, 0.3) is 0 Å². The Morgan fingerprint density at radius 3 is 2.80 bits per heavy atom. The van der Waals surface area contributed by atoms with E-state index in [1.807, 2.05) is 20.2 Å². The zero-order valence-electron chi connectivity index (χ0n) is 14.6. The molecule has 0 radical (unpaired) electrons. The molecule has 1 fully saturated rings. The van der Waals surface area contributed by atoms with E-state index in [2.05, 4.69) is 10.4 Å². The number of aryl methyl sites for hydroxylation is 1. The zero-order chi connectivity index (χ0) is 18.1. The standard InChI is InChI=1S/C18H22F2N4O/c1-11-14(9-22-24(11)3)15-7-21-8-16(15)18(25)23(2)10-12-4-5-13(19)6-17(12)20/h4-6,9,15-16,21H,7-8,10H2,1-3H3/t15-,16+/m1/s1. The van der Waals surface area contributed by atoms with Gasteiger partial charge in [0.15, 0.2) is 0 Å². The van der Waals surface area contributed by atoms with Crippen molar-refractivity contribution < 1.29 is 13.6 Å². The predicted molar refractivity (Wildman–Crippen MR) is 89.9 cm³/mol. The second-order valence-corrected chi connectivity index (χ2v) is 6.61. The molecule has 0 spiro atoms. The summed E-state index contributed by atoms with van der Waals surface area (Å²) in [6, 6.07) is 3.42. The highest BCUT2D eigenvalue weighted by Crippen LogP contribution is 2.31. The van der Waals surface area contributed by atoms with E-state index in [0.29, 0.717) is 18.7 Å². The largest absolute Gasteiger partial charge is 0.341 e. The van der Waals surface area contributed by atoms with E-state index in [0.717, 1.165) is 17.3 Å². The average Bonchev–Trinajstić information content (AvgIpc) is 3.17. The van der Waals surface area contributed by atoms with Gasteiger partial charge in [0.2, 0.25) is 5.91 Å². The van der Waals surface area contributed by atoms with Gasteiger partial charge in [0.1, 0.15) is 11.6 Å². The fourth-order valence-corrected chi connectivity index (χ4v) is 3.41. The van der Waals surface area contributed by atoms with E-state index in [4.69, 9.17) is 0 Å². The van der Waals surface area contributed by atoms with E-state index >= 15 is 0 Å². The summed E-state index contributed by atoms with van der Waals surface area (Å²) in [6.07, 6.45) is 1.81. The summed E-state index contributed by atoms with van der Waals surface area (Å²) in [5, 5.41) is 7.53. The second kappa shape index (κ2) is 6.92. The van der Waals surface area contributed by atoms with E-state index < -0.39 is 11.6 Å². The quantitative estimate of drug-likeness (QED) is 0.919. The molecule has 3 rings (SSSR count). The van der Waals surface area contributed by atoms with Gasteiger partial charge in [0, 0.05) is 57.0 Å². The summed E-state index contributed by atoms with van der Waals surface area (Å²) < 4.78 is 28.7. The van der Waals surface area contributed by atoms with Crippen LogP contribution in [0.5, 0.6) is 0 Å². The maximum Gasteiger partial charge on any atom is 0.227 e. The molecule has 0 unspecified atom stereocenters.